The fraction of sp³-hybridized carbons (Fsp3) is 0.667. The number of aromatic amines is 1. The third-order valence-electron chi connectivity index (χ3n) is 2.83. The molecule has 0 spiro atoms. The molecule has 1 aromatic rings. The summed E-state index contributed by atoms with van der Waals surface area (Å²) in [4.78, 5) is 18.8. The van der Waals surface area contributed by atoms with E-state index in [2.05, 4.69) is 22.2 Å². The summed E-state index contributed by atoms with van der Waals surface area (Å²) in [5, 5.41) is 2.92. The summed E-state index contributed by atoms with van der Waals surface area (Å²) in [5.74, 6) is 1.36. The number of carbonyl (C=O) groups is 1. The standard InChI is InChI=1S/C12H22N4O/c1-9(5-6-13)3-4-11(17)16-10(2)12-14-7-8-15-12/h7-10H,3-6,13H2,1-2H3,(H,14,15)(H,16,17). The summed E-state index contributed by atoms with van der Waals surface area (Å²) in [6.45, 7) is 4.72. The zero-order chi connectivity index (χ0) is 12.7. The number of hydrogen-bond acceptors (Lipinski definition) is 3. The molecule has 1 amide bonds. The van der Waals surface area contributed by atoms with Gasteiger partial charge in [-0.15, -0.1) is 0 Å². The Hall–Kier alpha value is -1.36. The minimum atomic E-state index is -0.0673. The Bertz CT molecular complexity index is 323. The van der Waals surface area contributed by atoms with Crippen molar-refractivity contribution in [2.45, 2.75) is 39.2 Å². The average molecular weight is 238 g/mol. The van der Waals surface area contributed by atoms with Crippen LogP contribution in [0.3, 0.4) is 0 Å². The maximum atomic E-state index is 11.7. The highest BCUT2D eigenvalue weighted by atomic mass is 16.1. The highest BCUT2D eigenvalue weighted by Gasteiger charge is 2.12. The third-order valence-corrected chi connectivity index (χ3v) is 2.83. The van der Waals surface area contributed by atoms with Gasteiger partial charge in [0.2, 0.25) is 5.91 Å². The van der Waals surface area contributed by atoms with Crippen molar-refractivity contribution in [2.24, 2.45) is 11.7 Å². The number of H-pyrrole nitrogens is 1. The van der Waals surface area contributed by atoms with E-state index in [0.29, 0.717) is 18.9 Å². The maximum absolute atomic E-state index is 11.7. The van der Waals surface area contributed by atoms with Crippen LogP contribution in [0.4, 0.5) is 0 Å². The first-order valence-corrected chi connectivity index (χ1v) is 6.12. The molecule has 0 aliphatic carbocycles. The van der Waals surface area contributed by atoms with Crippen LogP contribution in [0, 0.1) is 5.92 Å². The van der Waals surface area contributed by atoms with E-state index >= 15 is 0 Å². The van der Waals surface area contributed by atoms with Gasteiger partial charge in [-0.2, -0.15) is 0 Å². The van der Waals surface area contributed by atoms with Crippen molar-refractivity contribution in [3.05, 3.63) is 18.2 Å². The molecule has 0 saturated heterocycles. The number of aromatic nitrogens is 2. The normalized spacial score (nSPS) is 14.3. The number of hydrogen-bond donors (Lipinski definition) is 3. The first kappa shape index (κ1) is 13.7. The first-order chi connectivity index (χ1) is 8.13. The zero-order valence-corrected chi connectivity index (χ0v) is 10.6. The average Bonchev–Trinajstić information content (AvgIpc) is 2.80. The molecule has 0 fully saturated rings. The minimum absolute atomic E-state index is 0.0673. The first-order valence-electron chi connectivity index (χ1n) is 6.12. The molecule has 17 heavy (non-hydrogen) atoms. The van der Waals surface area contributed by atoms with Gasteiger partial charge in [-0.05, 0) is 32.2 Å². The maximum Gasteiger partial charge on any atom is 0.220 e. The van der Waals surface area contributed by atoms with Gasteiger partial charge in [0.25, 0.3) is 0 Å². The third kappa shape index (κ3) is 4.99. The molecular formula is C12H22N4O. The predicted molar refractivity (Wildman–Crippen MR) is 67.2 cm³/mol. The topological polar surface area (TPSA) is 83.8 Å². The highest BCUT2D eigenvalue weighted by molar-refractivity contribution is 5.76. The molecule has 5 nitrogen and oxygen atoms in total. The minimum Gasteiger partial charge on any atom is -0.347 e. The van der Waals surface area contributed by atoms with Crippen molar-refractivity contribution in [3.63, 3.8) is 0 Å². The lowest BCUT2D eigenvalue weighted by Crippen LogP contribution is -2.27. The van der Waals surface area contributed by atoms with E-state index in [1.54, 1.807) is 12.4 Å². The Morgan fingerprint density at radius 2 is 2.29 bits per heavy atom. The van der Waals surface area contributed by atoms with E-state index in [1.165, 1.54) is 0 Å². The molecule has 0 aliphatic heterocycles. The molecule has 2 unspecified atom stereocenters. The summed E-state index contributed by atoms with van der Waals surface area (Å²) in [6.07, 6.45) is 5.84. The van der Waals surface area contributed by atoms with Crippen molar-refractivity contribution in [3.8, 4) is 0 Å². The molecule has 0 bridgehead atoms. The Morgan fingerprint density at radius 1 is 1.53 bits per heavy atom. The van der Waals surface area contributed by atoms with Crippen LogP contribution < -0.4 is 11.1 Å². The summed E-state index contributed by atoms with van der Waals surface area (Å²) in [7, 11) is 0. The van der Waals surface area contributed by atoms with E-state index in [0.717, 1.165) is 18.7 Å². The summed E-state index contributed by atoms with van der Waals surface area (Å²) < 4.78 is 0. The number of nitrogens with one attached hydrogen (secondary N) is 2. The zero-order valence-electron chi connectivity index (χ0n) is 10.6. The summed E-state index contributed by atoms with van der Waals surface area (Å²) >= 11 is 0. The van der Waals surface area contributed by atoms with Crippen molar-refractivity contribution >= 4 is 5.91 Å². The molecule has 0 saturated carbocycles. The lowest BCUT2D eigenvalue weighted by Gasteiger charge is -2.13. The van der Waals surface area contributed by atoms with E-state index in [1.807, 2.05) is 6.92 Å². The van der Waals surface area contributed by atoms with Crippen LogP contribution in [-0.2, 0) is 4.79 Å². The molecule has 1 rings (SSSR count). The van der Waals surface area contributed by atoms with Crippen molar-refractivity contribution < 1.29 is 4.79 Å². The van der Waals surface area contributed by atoms with Gasteiger partial charge in [0.05, 0.1) is 6.04 Å². The van der Waals surface area contributed by atoms with Crippen molar-refractivity contribution in [1.29, 1.82) is 0 Å². The SMILES string of the molecule is CC(CCN)CCC(=O)NC(C)c1ncc[nH]1. The number of nitrogens with zero attached hydrogens (tertiary/aromatic N) is 1. The molecule has 0 radical (unpaired) electrons. The lowest BCUT2D eigenvalue weighted by molar-refractivity contribution is -0.122. The van der Waals surface area contributed by atoms with Gasteiger partial charge in [-0.3, -0.25) is 4.79 Å². The number of rotatable bonds is 7. The molecule has 1 heterocycles. The molecule has 0 aliphatic rings. The Morgan fingerprint density at radius 3 is 2.88 bits per heavy atom. The second-order valence-electron chi connectivity index (χ2n) is 4.48. The van der Waals surface area contributed by atoms with Gasteiger partial charge >= 0.3 is 0 Å². The van der Waals surface area contributed by atoms with E-state index in [9.17, 15) is 4.79 Å². The Kier molecular flexibility index (Phi) is 5.69. The molecule has 5 heteroatoms. The number of nitrogens with two attached hydrogens (primary N) is 1. The predicted octanol–water partition coefficient (Wildman–Crippen LogP) is 1.35. The second kappa shape index (κ2) is 7.06. The molecule has 2 atom stereocenters. The van der Waals surface area contributed by atoms with Crippen LogP contribution in [0.25, 0.3) is 0 Å². The van der Waals surface area contributed by atoms with Gasteiger partial charge in [-0.25, -0.2) is 4.98 Å². The molecule has 4 N–H and O–H groups in total. The van der Waals surface area contributed by atoms with Crippen LogP contribution in [0.1, 0.15) is 45.0 Å². The van der Waals surface area contributed by atoms with E-state index in [4.69, 9.17) is 5.73 Å². The van der Waals surface area contributed by atoms with Crippen LogP contribution >= 0.6 is 0 Å². The number of amides is 1. The number of carbonyl (C=O) groups excluding carboxylic acids is 1. The van der Waals surface area contributed by atoms with Gasteiger partial charge in [0, 0.05) is 18.8 Å². The summed E-state index contributed by atoms with van der Waals surface area (Å²) in [6, 6.07) is -0.0673. The molecular weight excluding hydrogens is 216 g/mol. The fourth-order valence-corrected chi connectivity index (χ4v) is 1.70. The summed E-state index contributed by atoms with van der Waals surface area (Å²) in [5.41, 5.74) is 5.47. The van der Waals surface area contributed by atoms with Crippen LogP contribution in [0.15, 0.2) is 12.4 Å². The van der Waals surface area contributed by atoms with Crippen LogP contribution in [0.5, 0.6) is 0 Å². The Balaban J connectivity index is 2.25. The Labute approximate surface area is 102 Å². The highest BCUT2D eigenvalue weighted by Crippen LogP contribution is 2.10. The van der Waals surface area contributed by atoms with E-state index in [-0.39, 0.29) is 11.9 Å². The van der Waals surface area contributed by atoms with Crippen molar-refractivity contribution in [1.82, 2.24) is 15.3 Å². The van der Waals surface area contributed by atoms with Gasteiger partial charge < -0.3 is 16.0 Å². The van der Waals surface area contributed by atoms with Gasteiger partial charge in [0.15, 0.2) is 0 Å². The number of imidazole rings is 1. The van der Waals surface area contributed by atoms with Gasteiger partial charge in [0.1, 0.15) is 5.82 Å². The largest absolute Gasteiger partial charge is 0.347 e. The van der Waals surface area contributed by atoms with Crippen LogP contribution in [0.2, 0.25) is 0 Å². The second-order valence-corrected chi connectivity index (χ2v) is 4.48. The molecule has 0 aromatic carbocycles. The molecule has 1 aromatic heterocycles. The monoisotopic (exact) mass is 238 g/mol. The van der Waals surface area contributed by atoms with Crippen LogP contribution in [-0.4, -0.2) is 22.4 Å². The smallest absolute Gasteiger partial charge is 0.220 e. The lowest BCUT2D eigenvalue weighted by atomic mass is 10.0. The fourth-order valence-electron chi connectivity index (χ4n) is 1.70. The molecule has 96 valence electrons. The van der Waals surface area contributed by atoms with Gasteiger partial charge in [-0.1, -0.05) is 6.92 Å². The van der Waals surface area contributed by atoms with Crippen molar-refractivity contribution in [2.75, 3.05) is 6.54 Å². The quantitative estimate of drug-likeness (QED) is 0.670. The van der Waals surface area contributed by atoms with E-state index < -0.39 is 0 Å².